The van der Waals surface area contributed by atoms with E-state index in [4.69, 9.17) is 23.6 Å². The molecule has 19 heteroatoms. The summed E-state index contributed by atoms with van der Waals surface area (Å²) in [6, 6.07) is 0. The first-order chi connectivity index (χ1) is 33.6. The maximum absolute atomic E-state index is 13.0. The molecule has 0 aromatic heterocycles. The molecule has 0 saturated heterocycles. The van der Waals surface area contributed by atoms with Gasteiger partial charge in [-0.2, -0.15) is 0 Å². The number of esters is 2. The highest BCUT2D eigenvalue weighted by molar-refractivity contribution is 7.47. The first-order valence-electron chi connectivity index (χ1n) is 25.6. The topological polar surface area (TPSA) is 276 Å². The standard InChI is InChI=1S/C51H88O17P2/c1-2-3-4-5-6-7-8-9-10-11-12-14-17-20-23-26-29-32-35-38-44(53)64-41-43(42-65-70(62,63)68-51-48(57)46(55)47(56)50(49(51)58)67-69(59,60)61)66-45(54)39-36-33-30-27-24-21-18-15-13-16-19-22-25-28-31-34-37-40-52/h6-7,9-10,13,16,18,21-22,25,27,30,43,46-52,55-58H,2-5,8,11-12,14-15,17,19-20,23-24,26,28-29,31-42H2,1H3,(H,62,63)(H2,59,60,61)/b7-6-,10-9-,16-13-,21-18-,25-22-,30-27-/t43-,46?,47?,48?,49?,50-,51+/m1/s1. The molecular formula is C51H88O17P2. The van der Waals surface area contributed by atoms with Gasteiger partial charge < -0.3 is 49.7 Å². The summed E-state index contributed by atoms with van der Waals surface area (Å²) < 4.78 is 49.4. The quantitative estimate of drug-likeness (QED) is 0.0122. The van der Waals surface area contributed by atoms with Crippen molar-refractivity contribution in [1.29, 1.82) is 0 Å². The fourth-order valence-electron chi connectivity index (χ4n) is 7.32. The molecule has 1 aliphatic carbocycles. The van der Waals surface area contributed by atoms with Crippen LogP contribution in [0.25, 0.3) is 0 Å². The van der Waals surface area contributed by atoms with E-state index in [1.807, 2.05) is 18.2 Å². The number of phosphoric acid groups is 2. The van der Waals surface area contributed by atoms with E-state index >= 15 is 0 Å². The van der Waals surface area contributed by atoms with Gasteiger partial charge in [0.2, 0.25) is 0 Å². The number of carbonyl (C=O) groups excluding carboxylic acids is 2. The summed E-state index contributed by atoms with van der Waals surface area (Å²) in [4.78, 5) is 54.4. The molecule has 0 radical (unpaired) electrons. The van der Waals surface area contributed by atoms with E-state index in [-0.39, 0.29) is 19.4 Å². The van der Waals surface area contributed by atoms with Crippen molar-refractivity contribution in [3.8, 4) is 0 Å². The maximum atomic E-state index is 13.0. The van der Waals surface area contributed by atoms with E-state index in [0.29, 0.717) is 25.7 Å². The predicted octanol–water partition coefficient (Wildman–Crippen LogP) is 9.37. The SMILES string of the molecule is CCCCC/C=C\C/C=C\CCCCCCCCCCCC(=O)OC[C@H](COP(=O)(O)O[C@H]1C(O)C(O)C(O)[C@@H](OP(=O)(O)O)C1O)OC(=O)CCC/C=C\C/C=C\C/C=C\C/C=C\CCCCCO. The molecular weight excluding hydrogens is 946 g/mol. The number of hydrogen-bond donors (Lipinski definition) is 8. The number of unbranched alkanes of at least 4 members (excludes halogenated alkanes) is 16. The van der Waals surface area contributed by atoms with Gasteiger partial charge in [0.15, 0.2) is 6.10 Å². The summed E-state index contributed by atoms with van der Waals surface area (Å²) in [5, 5.41) is 50.1. The second kappa shape index (κ2) is 41.8. The minimum atomic E-state index is -5.38. The first-order valence-corrected chi connectivity index (χ1v) is 28.6. The van der Waals surface area contributed by atoms with Gasteiger partial charge in [-0.15, -0.1) is 0 Å². The highest BCUT2D eigenvalue weighted by Gasteiger charge is 2.54. The Bertz CT molecular complexity index is 1630. The molecule has 1 fully saturated rings. The van der Waals surface area contributed by atoms with E-state index in [9.17, 15) is 53.8 Å². The van der Waals surface area contributed by atoms with Gasteiger partial charge in [0.25, 0.3) is 0 Å². The molecule has 1 aliphatic rings. The van der Waals surface area contributed by atoms with Crippen molar-refractivity contribution in [3.05, 3.63) is 72.9 Å². The molecule has 5 unspecified atom stereocenters. The van der Waals surface area contributed by atoms with Crippen molar-refractivity contribution in [3.63, 3.8) is 0 Å². The average molecular weight is 1040 g/mol. The molecule has 0 aliphatic heterocycles. The Labute approximate surface area is 417 Å². The van der Waals surface area contributed by atoms with E-state index in [1.54, 1.807) is 0 Å². The third-order valence-corrected chi connectivity index (χ3v) is 12.8. The number of aliphatic hydroxyl groups excluding tert-OH is 5. The number of aliphatic hydroxyl groups is 5. The minimum Gasteiger partial charge on any atom is -0.462 e. The van der Waals surface area contributed by atoms with Crippen molar-refractivity contribution in [2.24, 2.45) is 0 Å². The number of phosphoric ester groups is 2. The zero-order valence-corrected chi connectivity index (χ0v) is 43.4. The van der Waals surface area contributed by atoms with Gasteiger partial charge in [-0.3, -0.25) is 23.2 Å². The van der Waals surface area contributed by atoms with E-state index in [2.05, 4.69) is 66.1 Å². The van der Waals surface area contributed by atoms with E-state index < -0.39 is 83.5 Å². The van der Waals surface area contributed by atoms with Crippen LogP contribution in [0.4, 0.5) is 0 Å². The lowest BCUT2D eigenvalue weighted by Gasteiger charge is -2.43. The van der Waals surface area contributed by atoms with Crippen LogP contribution in [0.15, 0.2) is 72.9 Å². The normalized spacial score (nSPS) is 21.6. The minimum absolute atomic E-state index is 0.0455. The van der Waals surface area contributed by atoms with Crippen LogP contribution < -0.4 is 0 Å². The van der Waals surface area contributed by atoms with Gasteiger partial charge in [-0.1, -0.05) is 144 Å². The van der Waals surface area contributed by atoms with E-state index in [1.165, 1.54) is 51.4 Å². The van der Waals surface area contributed by atoms with E-state index in [0.717, 1.165) is 77.0 Å². The molecule has 404 valence electrons. The van der Waals surface area contributed by atoms with Crippen LogP contribution in [0, 0.1) is 0 Å². The molecule has 17 nitrogen and oxygen atoms in total. The van der Waals surface area contributed by atoms with Crippen LogP contribution in [0.5, 0.6) is 0 Å². The number of allylic oxidation sites excluding steroid dienone is 12. The molecule has 8 N–H and O–H groups in total. The predicted molar refractivity (Wildman–Crippen MR) is 270 cm³/mol. The number of rotatable bonds is 43. The third kappa shape index (κ3) is 35.5. The Hall–Kier alpha value is -2.60. The zero-order valence-electron chi connectivity index (χ0n) is 41.6. The largest absolute Gasteiger partial charge is 0.472 e. The summed E-state index contributed by atoms with van der Waals surface area (Å²) in [7, 11) is -10.7. The second-order valence-electron chi connectivity index (χ2n) is 17.6. The Kier molecular flexibility index (Phi) is 39.1. The maximum Gasteiger partial charge on any atom is 0.472 e. The fourth-order valence-corrected chi connectivity index (χ4v) is 8.86. The monoisotopic (exact) mass is 1030 g/mol. The van der Waals surface area contributed by atoms with Crippen molar-refractivity contribution in [2.45, 2.75) is 217 Å². The van der Waals surface area contributed by atoms with Crippen molar-refractivity contribution < 1.29 is 82.0 Å². The van der Waals surface area contributed by atoms with Crippen LogP contribution in [-0.4, -0.2) is 115 Å². The molecule has 1 saturated carbocycles. The smallest absolute Gasteiger partial charge is 0.462 e. The Morgan fingerprint density at radius 2 is 0.900 bits per heavy atom. The number of hydrogen-bond acceptors (Lipinski definition) is 14. The first kappa shape index (κ1) is 65.4. The molecule has 0 bridgehead atoms. The average Bonchev–Trinajstić information content (AvgIpc) is 3.32. The fraction of sp³-hybridized carbons (Fsp3) is 0.725. The summed E-state index contributed by atoms with van der Waals surface area (Å²) in [6.07, 6.45) is 34.3. The van der Waals surface area contributed by atoms with Gasteiger partial charge in [0, 0.05) is 19.4 Å². The molecule has 0 aromatic rings. The van der Waals surface area contributed by atoms with Gasteiger partial charge in [0.05, 0.1) is 6.61 Å². The number of ether oxygens (including phenoxy) is 2. The van der Waals surface area contributed by atoms with Gasteiger partial charge in [0.1, 0.15) is 43.2 Å². The van der Waals surface area contributed by atoms with Crippen molar-refractivity contribution >= 4 is 27.6 Å². The lowest BCUT2D eigenvalue weighted by molar-refractivity contribution is -0.216. The number of carbonyl (C=O) groups is 2. The lowest BCUT2D eigenvalue weighted by atomic mass is 9.85. The van der Waals surface area contributed by atoms with Crippen molar-refractivity contribution in [2.75, 3.05) is 19.8 Å². The van der Waals surface area contributed by atoms with Gasteiger partial charge in [-0.25, -0.2) is 9.13 Å². The molecule has 0 amide bonds. The molecule has 0 heterocycles. The Morgan fingerprint density at radius 1 is 0.486 bits per heavy atom. The van der Waals surface area contributed by atoms with Crippen LogP contribution >= 0.6 is 15.6 Å². The summed E-state index contributed by atoms with van der Waals surface area (Å²) in [5.74, 6) is -1.29. The van der Waals surface area contributed by atoms with Crippen LogP contribution in [0.1, 0.15) is 174 Å². The molecule has 70 heavy (non-hydrogen) atoms. The second-order valence-corrected chi connectivity index (χ2v) is 20.2. The highest BCUT2D eigenvalue weighted by Crippen LogP contribution is 2.49. The summed E-state index contributed by atoms with van der Waals surface area (Å²) in [5.41, 5.74) is 0. The van der Waals surface area contributed by atoms with Crippen LogP contribution in [0.2, 0.25) is 0 Å². The Balaban J connectivity index is 2.58. The lowest BCUT2D eigenvalue weighted by Crippen LogP contribution is -2.64. The molecule has 8 atom stereocenters. The summed E-state index contributed by atoms with van der Waals surface area (Å²) >= 11 is 0. The summed E-state index contributed by atoms with van der Waals surface area (Å²) in [6.45, 7) is 1.05. The molecule has 0 spiro atoms. The molecule has 0 aromatic carbocycles. The van der Waals surface area contributed by atoms with Crippen LogP contribution in [0.3, 0.4) is 0 Å². The zero-order chi connectivity index (χ0) is 51.7. The van der Waals surface area contributed by atoms with Gasteiger partial charge >= 0.3 is 27.6 Å². The van der Waals surface area contributed by atoms with Crippen molar-refractivity contribution in [1.82, 2.24) is 0 Å². The van der Waals surface area contributed by atoms with Gasteiger partial charge in [-0.05, 0) is 89.9 Å². The third-order valence-electron chi connectivity index (χ3n) is 11.3. The Morgan fingerprint density at radius 3 is 1.39 bits per heavy atom. The highest BCUT2D eigenvalue weighted by atomic mass is 31.2. The van der Waals surface area contributed by atoms with Crippen LogP contribution in [-0.2, 0) is 41.8 Å². The molecule has 1 rings (SSSR count).